The number of carbonyl (C=O) groups is 2. The van der Waals surface area contributed by atoms with Crippen LogP contribution in [-0.2, 0) is 24.5 Å². The van der Waals surface area contributed by atoms with E-state index in [1.807, 2.05) is 13.8 Å². The summed E-state index contributed by atoms with van der Waals surface area (Å²) in [6.45, 7) is 11.1. The van der Waals surface area contributed by atoms with Crippen molar-refractivity contribution >= 4 is 11.9 Å². The van der Waals surface area contributed by atoms with Gasteiger partial charge < -0.3 is 9.47 Å². The molecule has 0 saturated heterocycles. The van der Waals surface area contributed by atoms with Gasteiger partial charge in [-0.1, -0.05) is 6.08 Å². The molecule has 0 bridgehead atoms. The zero-order chi connectivity index (χ0) is 16.8. The maximum Gasteiger partial charge on any atom is 0.328 e. The Kier molecular flexibility index (Phi) is 6.28. The fraction of sp³-hybridized carbons (Fsp3) is 0.471. The Morgan fingerprint density at radius 3 is 1.95 bits per heavy atom. The lowest BCUT2D eigenvalue weighted by molar-refractivity contribution is -0.164. The van der Waals surface area contributed by atoms with Gasteiger partial charge in [-0.2, -0.15) is 0 Å². The summed E-state index contributed by atoms with van der Waals surface area (Å²) in [5.74, 6) is -1.25. The molecule has 0 spiro atoms. The normalized spacial score (nSPS) is 10.9. The Labute approximate surface area is 131 Å². The largest absolute Gasteiger partial charge is 0.465 e. The molecule has 5 nitrogen and oxygen atoms in total. The van der Waals surface area contributed by atoms with E-state index in [-0.39, 0.29) is 19.6 Å². The minimum Gasteiger partial charge on any atom is -0.465 e. The van der Waals surface area contributed by atoms with Gasteiger partial charge in [0.1, 0.15) is 0 Å². The van der Waals surface area contributed by atoms with Crippen LogP contribution in [0.3, 0.4) is 0 Å². The molecule has 1 aromatic rings. The number of aryl methyl sites for hydroxylation is 2. The fourth-order valence-corrected chi connectivity index (χ4v) is 2.41. The van der Waals surface area contributed by atoms with Crippen molar-refractivity contribution in [3.8, 4) is 0 Å². The average Bonchev–Trinajstić information content (AvgIpc) is 2.44. The summed E-state index contributed by atoms with van der Waals surface area (Å²) in [7, 11) is 0. The van der Waals surface area contributed by atoms with Crippen LogP contribution in [0.2, 0.25) is 0 Å². The Hall–Kier alpha value is -2.17. The molecular weight excluding hydrogens is 282 g/mol. The first kappa shape index (κ1) is 17.9. The molecule has 0 N–H and O–H groups in total. The number of carbonyl (C=O) groups excluding carboxylic acids is 2. The van der Waals surface area contributed by atoms with Crippen molar-refractivity contribution < 1.29 is 19.1 Å². The van der Waals surface area contributed by atoms with Crippen LogP contribution in [0.4, 0.5) is 0 Å². The molecule has 0 aliphatic rings. The van der Waals surface area contributed by atoms with Gasteiger partial charge in [-0.3, -0.25) is 14.6 Å². The number of allylic oxidation sites excluding steroid dienone is 1. The first-order chi connectivity index (χ1) is 10.4. The van der Waals surface area contributed by atoms with Gasteiger partial charge in [-0.15, -0.1) is 6.58 Å². The predicted octanol–water partition coefficient (Wildman–Crippen LogP) is 2.64. The number of rotatable bonds is 7. The third kappa shape index (κ3) is 3.53. The minimum absolute atomic E-state index is 0.105. The molecule has 5 heteroatoms. The topological polar surface area (TPSA) is 65.5 Å². The Morgan fingerprint density at radius 2 is 1.59 bits per heavy atom. The quantitative estimate of drug-likeness (QED) is 0.440. The van der Waals surface area contributed by atoms with Crippen LogP contribution in [0.1, 0.15) is 37.2 Å². The molecule has 0 unspecified atom stereocenters. The van der Waals surface area contributed by atoms with Gasteiger partial charge in [0.25, 0.3) is 0 Å². The highest BCUT2D eigenvalue weighted by Gasteiger charge is 2.49. The monoisotopic (exact) mass is 305 g/mol. The summed E-state index contributed by atoms with van der Waals surface area (Å²) in [6, 6.07) is 3.43. The molecule has 120 valence electrons. The molecule has 0 amide bonds. The maximum atomic E-state index is 12.6. The van der Waals surface area contributed by atoms with Crippen molar-refractivity contribution in [2.45, 2.75) is 39.5 Å². The molecule has 1 rings (SSSR count). The molecule has 0 radical (unpaired) electrons. The lowest BCUT2D eigenvalue weighted by Crippen LogP contribution is -2.46. The second-order valence-corrected chi connectivity index (χ2v) is 4.98. The summed E-state index contributed by atoms with van der Waals surface area (Å²) >= 11 is 0. The lowest BCUT2D eigenvalue weighted by atomic mass is 9.77. The van der Waals surface area contributed by atoms with E-state index in [2.05, 4.69) is 11.6 Å². The van der Waals surface area contributed by atoms with Crippen LogP contribution in [0.25, 0.3) is 0 Å². The Morgan fingerprint density at radius 1 is 1.14 bits per heavy atom. The van der Waals surface area contributed by atoms with Gasteiger partial charge in [0.2, 0.25) is 0 Å². The first-order valence-corrected chi connectivity index (χ1v) is 7.33. The molecule has 22 heavy (non-hydrogen) atoms. The summed E-state index contributed by atoms with van der Waals surface area (Å²) in [5.41, 5.74) is 0.426. The molecule has 1 heterocycles. The summed E-state index contributed by atoms with van der Waals surface area (Å²) in [5, 5.41) is 0. The van der Waals surface area contributed by atoms with Gasteiger partial charge in [0.15, 0.2) is 5.41 Å². The number of hydrogen-bond donors (Lipinski definition) is 0. The number of hydrogen-bond acceptors (Lipinski definition) is 5. The lowest BCUT2D eigenvalue weighted by Gasteiger charge is -2.29. The van der Waals surface area contributed by atoms with E-state index in [9.17, 15) is 9.59 Å². The van der Waals surface area contributed by atoms with Crippen molar-refractivity contribution in [2.75, 3.05) is 13.2 Å². The van der Waals surface area contributed by atoms with E-state index < -0.39 is 17.4 Å². The predicted molar refractivity (Wildman–Crippen MR) is 83.5 cm³/mol. The van der Waals surface area contributed by atoms with Crippen molar-refractivity contribution in [1.82, 2.24) is 4.98 Å². The van der Waals surface area contributed by atoms with Crippen molar-refractivity contribution in [2.24, 2.45) is 0 Å². The van der Waals surface area contributed by atoms with Gasteiger partial charge in [-0.05, 0) is 51.8 Å². The minimum atomic E-state index is -1.54. The van der Waals surface area contributed by atoms with Crippen LogP contribution in [0.15, 0.2) is 24.8 Å². The number of nitrogens with zero attached hydrogens (tertiary/aromatic N) is 1. The van der Waals surface area contributed by atoms with Gasteiger partial charge in [-0.25, -0.2) is 0 Å². The molecule has 0 saturated carbocycles. The second kappa shape index (κ2) is 7.73. The smallest absolute Gasteiger partial charge is 0.328 e. The van der Waals surface area contributed by atoms with Gasteiger partial charge >= 0.3 is 11.9 Å². The van der Waals surface area contributed by atoms with E-state index in [0.29, 0.717) is 5.56 Å². The van der Waals surface area contributed by atoms with E-state index in [4.69, 9.17) is 9.47 Å². The standard InChI is InChI=1S/C17H23NO4/c1-6-9-17(15(19)21-7-2,16(20)22-8-3)14-10-12(4)18-13(5)11-14/h6,10-11H,1,7-9H2,2-5H3. The van der Waals surface area contributed by atoms with Gasteiger partial charge in [0.05, 0.1) is 13.2 Å². The van der Waals surface area contributed by atoms with Crippen molar-refractivity contribution in [3.05, 3.63) is 41.7 Å². The number of pyridine rings is 1. The highest BCUT2D eigenvalue weighted by molar-refractivity contribution is 6.06. The summed E-state index contributed by atoms with van der Waals surface area (Å²) < 4.78 is 10.3. The molecule has 0 fully saturated rings. The van der Waals surface area contributed by atoms with Crippen LogP contribution >= 0.6 is 0 Å². The first-order valence-electron chi connectivity index (χ1n) is 7.33. The SMILES string of the molecule is C=CCC(C(=O)OCC)(C(=O)OCC)c1cc(C)nc(C)c1. The Bertz CT molecular complexity index is 528. The van der Waals surface area contributed by atoms with Crippen LogP contribution < -0.4 is 0 Å². The van der Waals surface area contributed by atoms with Crippen molar-refractivity contribution in [3.63, 3.8) is 0 Å². The number of aromatic nitrogens is 1. The molecule has 0 atom stereocenters. The Balaban J connectivity index is 3.55. The molecule has 1 aromatic heterocycles. The molecular formula is C17H23NO4. The van der Waals surface area contributed by atoms with Crippen LogP contribution in [-0.4, -0.2) is 30.1 Å². The highest BCUT2D eigenvalue weighted by Crippen LogP contribution is 2.33. The number of esters is 2. The van der Waals surface area contributed by atoms with E-state index in [0.717, 1.165) is 11.4 Å². The van der Waals surface area contributed by atoms with Crippen molar-refractivity contribution in [1.29, 1.82) is 0 Å². The number of ether oxygens (including phenoxy) is 2. The highest BCUT2D eigenvalue weighted by atomic mass is 16.6. The fourth-order valence-electron chi connectivity index (χ4n) is 2.41. The molecule has 0 aliphatic carbocycles. The molecule has 0 aliphatic heterocycles. The van der Waals surface area contributed by atoms with Crippen LogP contribution in [0.5, 0.6) is 0 Å². The zero-order valence-corrected chi connectivity index (χ0v) is 13.6. The summed E-state index contributed by atoms with van der Waals surface area (Å²) in [6.07, 6.45) is 1.63. The van der Waals surface area contributed by atoms with Crippen LogP contribution in [0, 0.1) is 13.8 Å². The van der Waals surface area contributed by atoms with E-state index in [1.165, 1.54) is 6.08 Å². The third-order valence-electron chi connectivity index (χ3n) is 3.27. The average molecular weight is 305 g/mol. The van der Waals surface area contributed by atoms with E-state index >= 15 is 0 Å². The second-order valence-electron chi connectivity index (χ2n) is 4.98. The zero-order valence-electron chi connectivity index (χ0n) is 13.6. The van der Waals surface area contributed by atoms with E-state index in [1.54, 1.807) is 26.0 Å². The third-order valence-corrected chi connectivity index (χ3v) is 3.27. The maximum absolute atomic E-state index is 12.6. The summed E-state index contributed by atoms with van der Waals surface area (Å²) in [4.78, 5) is 29.5. The molecule has 0 aromatic carbocycles. The van der Waals surface area contributed by atoms with Gasteiger partial charge in [0, 0.05) is 11.4 Å².